The second kappa shape index (κ2) is 27.9. The number of carbonyl (C=O) groups excluding carboxylic acids is 2. The van der Waals surface area contributed by atoms with Gasteiger partial charge in [0.05, 0.1) is 0 Å². The zero-order valence-corrected chi connectivity index (χ0v) is 24.5. The van der Waals surface area contributed by atoms with Crippen LogP contribution >= 0.6 is 0 Å². The summed E-state index contributed by atoms with van der Waals surface area (Å²) >= 11 is 0. The van der Waals surface area contributed by atoms with Gasteiger partial charge in [0.1, 0.15) is 11.6 Å². The fourth-order valence-corrected chi connectivity index (χ4v) is 5.20. The van der Waals surface area contributed by atoms with Crippen molar-refractivity contribution < 1.29 is 9.59 Å². The number of carbonyl (C=O) groups is 2. The minimum absolute atomic E-state index is 0.463. The Labute approximate surface area is 221 Å². The van der Waals surface area contributed by atoms with E-state index < -0.39 is 0 Å². The molecule has 208 valence electrons. The van der Waals surface area contributed by atoms with Gasteiger partial charge in [-0.15, -0.1) is 0 Å². The number of ketones is 2. The zero-order chi connectivity index (χ0) is 25.8. The Morgan fingerprint density at radius 1 is 0.429 bits per heavy atom. The fraction of sp³-hybridized carbons (Fsp3) is 0.939. The van der Waals surface area contributed by atoms with E-state index in [-0.39, 0.29) is 0 Å². The SMILES string of the molecule is CCCCCCCCCCCCCCC(=O)CC(CC)CCCCCC(=O)CCCCCCCC. The predicted octanol–water partition coefficient (Wildman–Crippen LogP) is 11.3. The molecule has 0 rings (SSSR count). The van der Waals surface area contributed by atoms with Crippen LogP contribution in [0.5, 0.6) is 0 Å². The maximum Gasteiger partial charge on any atom is 0.133 e. The molecule has 0 aromatic carbocycles. The standard InChI is InChI=1S/C33H64O2/c1-4-7-9-11-13-14-15-16-17-18-20-24-29-33(35)30-31(6-3)26-22-21-25-28-32(34)27-23-19-12-10-8-5-2/h31H,4-30H2,1-3H3. The van der Waals surface area contributed by atoms with Gasteiger partial charge in [0, 0.05) is 25.7 Å². The normalized spacial score (nSPS) is 12.2. The highest BCUT2D eigenvalue weighted by molar-refractivity contribution is 5.78. The molecule has 1 atom stereocenters. The van der Waals surface area contributed by atoms with E-state index in [0.29, 0.717) is 17.5 Å². The maximum atomic E-state index is 12.4. The van der Waals surface area contributed by atoms with Crippen LogP contribution in [0.2, 0.25) is 0 Å². The van der Waals surface area contributed by atoms with Crippen LogP contribution < -0.4 is 0 Å². The van der Waals surface area contributed by atoms with Crippen molar-refractivity contribution in [3.63, 3.8) is 0 Å². The van der Waals surface area contributed by atoms with Gasteiger partial charge in [-0.25, -0.2) is 0 Å². The summed E-state index contributed by atoms with van der Waals surface area (Å²) in [6.45, 7) is 6.75. The van der Waals surface area contributed by atoms with Crippen LogP contribution in [0.15, 0.2) is 0 Å². The largest absolute Gasteiger partial charge is 0.300 e. The molecule has 0 bridgehead atoms. The van der Waals surface area contributed by atoms with Gasteiger partial charge in [0.15, 0.2) is 0 Å². The van der Waals surface area contributed by atoms with Gasteiger partial charge < -0.3 is 0 Å². The molecule has 0 saturated heterocycles. The second-order valence-electron chi connectivity index (χ2n) is 11.3. The summed E-state index contributed by atoms with van der Waals surface area (Å²) in [5, 5.41) is 0. The van der Waals surface area contributed by atoms with Crippen molar-refractivity contribution in [2.75, 3.05) is 0 Å². The predicted molar refractivity (Wildman–Crippen MR) is 155 cm³/mol. The first kappa shape index (κ1) is 34.3. The molecular weight excluding hydrogens is 428 g/mol. The van der Waals surface area contributed by atoms with E-state index in [1.165, 1.54) is 109 Å². The van der Waals surface area contributed by atoms with E-state index in [1.807, 2.05) is 0 Å². The van der Waals surface area contributed by atoms with Crippen LogP contribution in [0.4, 0.5) is 0 Å². The summed E-state index contributed by atoms with van der Waals surface area (Å²) in [5.74, 6) is 1.50. The third-order valence-corrected chi connectivity index (χ3v) is 7.78. The molecule has 0 radical (unpaired) electrons. The van der Waals surface area contributed by atoms with Crippen molar-refractivity contribution in [1.82, 2.24) is 0 Å². The first-order chi connectivity index (χ1) is 17.1. The molecule has 0 saturated carbocycles. The van der Waals surface area contributed by atoms with E-state index >= 15 is 0 Å². The first-order valence-corrected chi connectivity index (χ1v) is 16.2. The van der Waals surface area contributed by atoms with Gasteiger partial charge in [-0.2, -0.15) is 0 Å². The van der Waals surface area contributed by atoms with Crippen LogP contribution in [0, 0.1) is 5.92 Å². The molecule has 1 unspecified atom stereocenters. The molecule has 0 aliphatic carbocycles. The molecular formula is C33H64O2. The van der Waals surface area contributed by atoms with Crippen molar-refractivity contribution in [3.8, 4) is 0 Å². The van der Waals surface area contributed by atoms with E-state index in [9.17, 15) is 9.59 Å². The highest BCUT2D eigenvalue weighted by Gasteiger charge is 2.12. The Morgan fingerprint density at radius 3 is 1.17 bits per heavy atom. The Hall–Kier alpha value is -0.660. The quantitative estimate of drug-likeness (QED) is 0.0972. The average Bonchev–Trinajstić information content (AvgIpc) is 2.85. The Kier molecular flexibility index (Phi) is 27.4. The van der Waals surface area contributed by atoms with Crippen molar-refractivity contribution in [2.45, 2.75) is 194 Å². The zero-order valence-electron chi connectivity index (χ0n) is 24.5. The van der Waals surface area contributed by atoms with E-state index in [1.54, 1.807) is 0 Å². The van der Waals surface area contributed by atoms with Crippen LogP contribution in [0.1, 0.15) is 194 Å². The number of hydrogen-bond donors (Lipinski definition) is 0. The van der Waals surface area contributed by atoms with Crippen molar-refractivity contribution in [3.05, 3.63) is 0 Å². The number of rotatable bonds is 29. The summed E-state index contributed by atoms with van der Waals surface area (Å²) in [6.07, 6.45) is 32.5. The number of unbranched alkanes of at least 4 members (excludes halogenated alkanes) is 18. The summed E-state index contributed by atoms with van der Waals surface area (Å²) in [6, 6.07) is 0. The lowest BCUT2D eigenvalue weighted by Crippen LogP contribution is -2.08. The maximum absolute atomic E-state index is 12.4. The van der Waals surface area contributed by atoms with Crippen LogP contribution in [0.3, 0.4) is 0 Å². The van der Waals surface area contributed by atoms with Gasteiger partial charge in [-0.3, -0.25) is 9.59 Å². The van der Waals surface area contributed by atoms with Gasteiger partial charge in [0.2, 0.25) is 0 Å². The average molecular weight is 493 g/mol. The molecule has 0 amide bonds. The lowest BCUT2D eigenvalue weighted by molar-refractivity contribution is -0.120. The Bertz CT molecular complexity index is 456. The minimum Gasteiger partial charge on any atom is -0.300 e. The molecule has 35 heavy (non-hydrogen) atoms. The third kappa shape index (κ3) is 26.2. The van der Waals surface area contributed by atoms with Crippen molar-refractivity contribution in [2.24, 2.45) is 5.92 Å². The van der Waals surface area contributed by atoms with Gasteiger partial charge in [0.25, 0.3) is 0 Å². The number of Topliss-reactive ketones (excluding diaryl/α,β-unsaturated/α-hetero) is 2. The third-order valence-electron chi connectivity index (χ3n) is 7.78. The van der Waals surface area contributed by atoms with E-state index in [2.05, 4.69) is 20.8 Å². The van der Waals surface area contributed by atoms with Gasteiger partial charge in [-0.05, 0) is 25.2 Å². The lowest BCUT2D eigenvalue weighted by Gasteiger charge is -2.14. The van der Waals surface area contributed by atoms with Crippen molar-refractivity contribution >= 4 is 11.6 Å². The fourth-order valence-electron chi connectivity index (χ4n) is 5.20. The molecule has 0 aromatic heterocycles. The van der Waals surface area contributed by atoms with Gasteiger partial charge in [-0.1, -0.05) is 149 Å². The van der Waals surface area contributed by atoms with E-state index in [4.69, 9.17) is 0 Å². The summed E-state index contributed by atoms with van der Waals surface area (Å²) in [7, 11) is 0. The molecule has 0 aromatic rings. The van der Waals surface area contributed by atoms with Crippen molar-refractivity contribution in [1.29, 1.82) is 0 Å². The lowest BCUT2D eigenvalue weighted by atomic mass is 9.91. The molecule has 0 aliphatic heterocycles. The molecule has 0 aliphatic rings. The molecule has 0 N–H and O–H groups in total. The number of hydrogen-bond acceptors (Lipinski definition) is 2. The smallest absolute Gasteiger partial charge is 0.133 e. The Balaban J connectivity index is 3.54. The Morgan fingerprint density at radius 2 is 0.771 bits per heavy atom. The summed E-state index contributed by atoms with van der Waals surface area (Å²) in [4.78, 5) is 24.5. The van der Waals surface area contributed by atoms with Crippen LogP contribution in [-0.2, 0) is 9.59 Å². The summed E-state index contributed by atoms with van der Waals surface area (Å²) < 4.78 is 0. The highest BCUT2D eigenvalue weighted by atomic mass is 16.1. The second-order valence-corrected chi connectivity index (χ2v) is 11.3. The molecule has 2 nitrogen and oxygen atoms in total. The van der Waals surface area contributed by atoms with E-state index in [0.717, 1.165) is 64.2 Å². The molecule has 0 heterocycles. The molecule has 2 heteroatoms. The van der Waals surface area contributed by atoms with Crippen LogP contribution in [0.25, 0.3) is 0 Å². The monoisotopic (exact) mass is 492 g/mol. The summed E-state index contributed by atoms with van der Waals surface area (Å²) in [5.41, 5.74) is 0. The van der Waals surface area contributed by atoms with Gasteiger partial charge >= 0.3 is 0 Å². The van der Waals surface area contributed by atoms with Crippen LogP contribution in [-0.4, -0.2) is 11.6 Å². The molecule has 0 fully saturated rings. The highest BCUT2D eigenvalue weighted by Crippen LogP contribution is 2.20. The molecule has 0 spiro atoms. The first-order valence-electron chi connectivity index (χ1n) is 16.2. The minimum atomic E-state index is 0.463. The topological polar surface area (TPSA) is 34.1 Å².